The maximum Gasteiger partial charge on any atom is 0.303 e. The zero-order chi connectivity index (χ0) is 12.4. The van der Waals surface area contributed by atoms with Crippen LogP contribution in [-0.4, -0.2) is 17.8 Å². The standard InChI is InChI=1S/C11H22Cl2O2Si/c1-16(12,13)10-8-6-4-2-3-5-7-9-11(14)15/h2-10H2,1H3,(H,14,15). The highest BCUT2D eigenvalue weighted by Gasteiger charge is 2.19. The number of unbranched alkanes of at least 4 members (excludes halogenated alkanes) is 6. The molecule has 0 aliphatic heterocycles. The molecule has 0 bridgehead atoms. The van der Waals surface area contributed by atoms with E-state index in [1.807, 2.05) is 6.55 Å². The van der Waals surface area contributed by atoms with Crippen molar-refractivity contribution in [2.75, 3.05) is 0 Å². The summed E-state index contributed by atoms with van der Waals surface area (Å²) in [5.74, 6) is -0.687. The molecule has 0 amide bonds. The Balaban J connectivity index is 3.07. The second kappa shape index (κ2) is 9.31. The second-order valence-corrected chi connectivity index (χ2v) is 12.7. The number of carboxylic acid groups (broad SMARTS) is 1. The maximum atomic E-state index is 10.2. The van der Waals surface area contributed by atoms with Crippen molar-refractivity contribution in [1.29, 1.82) is 0 Å². The van der Waals surface area contributed by atoms with Crippen molar-refractivity contribution < 1.29 is 9.90 Å². The molecule has 16 heavy (non-hydrogen) atoms. The molecule has 96 valence electrons. The average Bonchev–Trinajstić information content (AvgIpc) is 2.13. The molecule has 2 nitrogen and oxygen atoms in total. The molecule has 1 N–H and O–H groups in total. The number of halogens is 2. The Kier molecular flexibility index (Phi) is 9.47. The number of hydrogen-bond acceptors (Lipinski definition) is 1. The van der Waals surface area contributed by atoms with Gasteiger partial charge in [0.1, 0.15) is 0 Å². The lowest BCUT2D eigenvalue weighted by atomic mass is 10.1. The van der Waals surface area contributed by atoms with Gasteiger partial charge in [-0.3, -0.25) is 4.79 Å². The molecule has 0 aliphatic rings. The molecule has 0 fully saturated rings. The van der Waals surface area contributed by atoms with Crippen LogP contribution in [0.25, 0.3) is 0 Å². The van der Waals surface area contributed by atoms with Crippen molar-refractivity contribution in [2.24, 2.45) is 0 Å². The summed E-state index contributed by atoms with van der Waals surface area (Å²) < 4.78 is 0. The number of hydrogen-bond donors (Lipinski definition) is 1. The van der Waals surface area contributed by atoms with Gasteiger partial charge in [0.05, 0.1) is 0 Å². The van der Waals surface area contributed by atoms with Gasteiger partial charge in [0.25, 0.3) is 0 Å². The Morgan fingerprint density at radius 3 is 1.88 bits per heavy atom. The molecule has 0 rings (SSSR count). The summed E-state index contributed by atoms with van der Waals surface area (Å²) in [6.07, 6.45) is 8.03. The summed E-state index contributed by atoms with van der Waals surface area (Å²) in [6.45, 7) is 0.0885. The lowest BCUT2D eigenvalue weighted by Crippen LogP contribution is -2.11. The number of carbonyl (C=O) groups is 1. The zero-order valence-corrected chi connectivity index (χ0v) is 12.5. The van der Waals surface area contributed by atoms with Gasteiger partial charge in [-0.05, 0) is 19.0 Å². The molecule has 0 saturated carbocycles. The molecule has 0 aliphatic carbocycles. The monoisotopic (exact) mass is 284 g/mol. The summed E-state index contributed by atoms with van der Waals surface area (Å²) in [5.41, 5.74) is 0. The van der Waals surface area contributed by atoms with Gasteiger partial charge < -0.3 is 5.11 Å². The lowest BCUT2D eigenvalue weighted by Gasteiger charge is -2.08. The van der Waals surface area contributed by atoms with Gasteiger partial charge in [-0.1, -0.05) is 38.5 Å². The number of aliphatic carboxylic acids is 1. The van der Waals surface area contributed by atoms with E-state index in [4.69, 9.17) is 27.3 Å². The zero-order valence-electron chi connectivity index (χ0n) is 9.98. The van der Waals surface area contributed by atoms with Crippen LogP contribution in [0.2, 0.25) is 12.6 Å². The minimum atomic E-state index is -1.87. The van der Waals surface area contributed by atoms with Crippen LogP contribution in [0.4, 0.5) is 0 Å². The van der Waals surface area contributed by atoms with E-state index in [1.165, 1.54) is 19.3 Å². The molecule has 0 radical (unpaired) electrons. The van der Waals surface area contributed by atoms with Gasteiger partial charge in [0.2, 0.25) is 6.69 Å². The van der Waals surface area contributed by atoms with E-state index in [2.05, 4.69) is 0 Å². The first-order chi connectivity index (χ1) is 7.42. The third-order valence-corrected chi connectivity index (χ3v) is 4.87. The summed E-state index contributed by atoms with van der Waals surface area (Å²) >= 11 is 12.0. The first kappa shape index (κ1) is 16.3. The second-order valence-electron chi connectivity index (χ2n) is 4.44. The quantitative estimate of drug-likeness (QED) is 0.357. The van der Waals surface area contributed by atoms with Crippen LogP contribution >= 0.6 is 22.2 Å². The normalized spacial score (nSPS) is 11.7. The van der Waals surface area contributed by atoms with Crippen molar-refractivity contribution in [2.45, 2.75) is 64.0 Å². The smallest absolute Gasteiger partial charge is 0.303 e. The molecule has 0 atom stereocenters. The fourth-order valence-corrected chi connectivity index (χ4v) is 3.27. The van der Waals surface area contributed by atoms with Crippen LogP contribution in [0.1, 0.15) is 51.4 Å². The summed E-state index contributed by atoms with van der Waals surface area (Å²) in [4.78, 5) is 10.2. The highest BCUT2D eigenvalue weighted by atomic mass is 35.7. The third kappa shape index (κ3) is 14.3. The van der Waals surface area contributed by atoms with Crippen LogP contribution in [0.5, 0.6) is 0 Å². The van der Waals surface area contributed by atoms with E-state index in [9.17, 15) is 4.79 Å². The van der Waals surface area contributed by atoms with Crippen LogP contribution in [0, 0.1) is 0 Å². The Bertz CT molecular complexity index is 193. The van der Waals surface area contributed by atoms with Crippen LogP contribution in [-0.2, 0) is 4.79 Å². The molecule has 0 saturated heterocycles. The van der Waals surface area contributed by atoms with Gasteiger partial charge >= 0.3 is 5.97 Å². The van der Waals surface area contributed by atoms with Crippen molar-refractivity contribution in [3.8, 4) is 0 Å². The SMILES string of the molecule is C[Si](Cl)(Cl)CCCCCCCCCC(=O)O. The molecule has 0 aromatic rings. The molecule has 0 unspecified atom stereocenters. The van der Waals surface area contributed by atoms with E-state index >= 15 is 0 Å². The van der Waals surface area contributed by atoms with Crippen molar-refractivity contribution in [3.05, 3.63) is 0 Å². The van der Waals surface area contributed by atoms with E-state index in [-0.39, 0.29) is 0 Å². The first-order valence-electron chi connectivity index (χ1n) is 6.01. The Hall–Kier alpha value is 0.267. The van der Waals surface area contributed by atoms with Crippen LogP contribution < -0.4 is 0 Å². The largest absolute Gasteiger partial charge is 0.481 e. The third-order valence-electron chi connectivity index (χ3n) is 2.51. The van der Waals surface area contributed by atoms with Crippen molar-refractivity contribution in [3.63, 3.8) is 0 Å². The molecule has 0 spiro atoms. The summed E-state index contributed by atoms with van der Waals surface area (Å²) in [5, 5.41) is 8.44. The molecular formula is C11H22Cl2O2Si. The molecular weight excluding hydrogens is 263 g/mol. The summed E-state index contributed by atoms with van der Waals surface area (Å²) in [6, 6.07) is 0.981. The van der Waals surface area contributed by atoms with Gasteiger partial charge in [0, 0.05) is 6.42 Å². The van der Waals surface area contributed by atoms with E-state index in [0.29, 0.717) is 6.42 Å². The molecule has 0 heterocycles. The van der Waals surface area contributed by atoms with Crippen LogP contribution in [0.15, 0.2) is 0 Å². The Morgan fingerprint density at radius 1 is 1.00 bits per heavy atom. The predicted octanol–water partition coefficient (Wildman–Crippen LogP) is 4.74. The van der Waals surface area contributed by atoms with E-state index in [0.717, 1.165) is 31.7 Å². The van der Waals surface area contributed by atoms with Gasteiger partial charge in [-0.2, -0.15) is 0 Å². The molecule has 5 heteroatoms. The number of rotatable bonds is 10. The topological polar surface area (TPSA) is 37.3 Å². The molecule has 0 aromatic carbocycles. The fourth-order valence-electron chi connectivity index (χ4n) is 1.60. The Morgan fingerprint density at radius 2 is 1.44 bits per heavy atom. The number of carboxylic acids is 1. The van der Waals surface area contributed by atoms with E-state index in [1.54, 1.807) is 0 Å². The molecule has 0 aromatic heterocycles. The van der Waals surface area contributed by atoms with Gasteiger partial charge in [-0.15, -0.1) is 22.2 Å². The van der Waals surface area contributed by atoms with Gasteiger partial charge in [0.15, 0.2) is 0 Å². The first-order valence-corrected chi connectivity index (χ1v) is 10.7. The predicted molar refractivity (Wildman–Crippen MR) is 72.7 cm³/mol. The van der Waals surface area contributed by atoms with Gasteiger partial charge in [-0.25, -0.2) is 0 Å². The minimum Gasteiger partial charge on any atom is -0.481 e. The Labute approximate surface area is 109 Å². The lowest BCUT2D eigenvalue weighted by molar-refractivity contribution is -0.137. The minimum absolute atomic E-state index is 0.308. The highest BCUT2D eigenvalue weighted by molar-refractivity contribution is 7.44. The maximum absolute atomic E-state index is 10.2. The summed E-state index contributed by atoms with van der Waals surface area (Å²) in [7, 11) is 0. The van der Waals surface area contributed by atoms with Crippen molar-refractivity contribution >= 4 is 34.8 Å². The fraction of sp³-hybridized carbons (Fsp3) is 0.909. The highest BCUT2D eigenvalue weighted by Crippen LogP contribution is 2.23. The van der Waals surface area contributed by atoms with Crippen LogP contribution in [0.3, 0.4) is 0 Å². The van der Waals surface area contributed by atoms with Crippen molar-refractivity contribution in [1.82, 2.24) is 0 Å². The average molecular weight is 285 g/mol. The van der Waals surface area contributed by atoms with E-state index < -0.39 is 12.7 Å².